The van der Waals surface area contributed by atoms with Gasteiger partial charge in [0.05, 0.1) is 18.0 Å². The molecule has 0 unspecified atom stereocenters. The Bertz CT molecular complexity index is 952. The number of aromatic nitrogens is 2. The lowest BCUT2D eigenvalue weighted by Gasteiger charge is -2.05. The minimum atomic E-state index is -0.280. The number of nitriles is 1. The lowest BCUT2D eigenvalue weighted by molar-refractivity contribution is 0.253. The topological polar surface area (TPSA) is 93.6 Å². The molecule has 3 aromatic rings. The molecule has 3 N–H and O–H groups in total. The van der Waals surface area contributed by atoms with E-state index in [0.29, 0.717) is 17.8 Å². The predicted octanol–water partition coefficient (Wildman–Crippen LogP) is 3.79. The molecule has 0 saturated carbocycles. The SMILES string of the molecule is N#Cc1ccc(NC(=O)NC/C=C/Cc2ccc(Cc3cnc[nH]3)cc2)cc1. The van der Waals surface area contributed by atoms with Gasteiger partial charge in [0.1, 0.15) is 0 Å². The molecule has 2 amide bonds. The number of urea groups is 1. The molecule has 1 aromatic heterocycles. The molecule has 0 spiro atoms. The third-order valence-electron chi connectivity index (χ3n) is 4.14. The van der Waals surface area contributed by atoms with Crippen LogP contribution in [0.25, 0.3) is 0 Å². The molecule has 0 bridgehead atoms. The standard InChI is InChI=1S/C22H21N5O/c23-14-19-8-10-20(11-9-19)27-22(28)25-12-2-1-3-17-4-6-18(7-5-17)13-21-15-24-16-26-21/h1-2,4-11,15-16H,3,12-13H2,(H,24,26)(H2,25,27,28)/b2-1+. The van der Waals surface area contributed by atoms with Crippen molar-refractivity contribution in [2.24, 2.45) is 0 Å². The summed E-state index contributed by atoms with van der Waals surface area (Å²) < 4.78 is 0. The summed E-state index contributed by atoms with van der Waals surface area (Å²) in [6.45, 7) is 0.444. The molecule has 1 heterocycles. The molecule has 3 rings (SSSR count). The van der Waals surface area contributed by atoms with E-state index in [2.05, 4.69) is 44.9 Å². The first-order valence-corrected chi connectivity index (χ1v) is 8.98. The fourth-order valence-electron chi connectivity index (χ4n) is 2.65. The predicted molar refractivity (Wildman–Crippen MR) is 109 cm³/mol. The van der Waals surface area contributed by atoms with Crippen LogP contribution in [-0.4, -0.2) is 22.5 Å². The maximum absolute atomic E-state index is 11.8. The molecule has 6 heteroatoms. The first-order valence-electron chi connectivity index (χ1n) is 8.98. The van der Waals surface area contributed by atoms with E-state index >= 15 is 0 Å². The molecule has 0 fully saturated rings. The summed E-state index contributed by atoms with van der Waals surface area (Å²) in [7, 11) is 0. The van der Waals surface area contributed by atoms with Crippen LogP contribution < -0.4 is 10.6 Å². The summed E-state index contributed by atoms with van der Waals surface area (Å²) in [6.07, 6.45) is 9.13. The van der Waals surface area contributed by atoms with E-state index in [1.165, 1.54) is 11.1 Å². The molecule has 0 saturated heterocycles. The van der Waals surface area contributed by atoms with E-state index in [1.54, 1.807) is 30.6 Å². The number of hydrogen-bond acceptors (Lipinski definition) is 3. The summed E-state index contributed by atoms with van der Waals surface area (Å²) in [6, 6.07) is 16.9. The van der Waals surface area contributed by atoms with Crippen LogP contribution in [0.4, 0.5) is 10.5 Å². The van der Waals surface area contributed by atoms with Gasteiger partial charge in [0.15, 0.2) is 0 Å². The van der Waals surface area contributed by atoms with Crippen LogP contribution in [0.3, 0.4) is 0 Å². The zero-order valence-corrected chi connectivity index (χ0v) is 15.4. The van der Waals surface area contributed by atoms with Gasteiger partial charge in [-0.1, -0.05) is 36.4 Å². The van der Waals surface area contributed by atoms with Crippen LogP contribution in [0.2, 0.25) is 0 Å². The first-order chi connectivity index (χ1) is 13.7. The number of nitrogens with zero attached hydrogens (tertiary/aromatic N) is 2. The molecule has 6 nitrogen and oxygen atoms in total. The van der Waals surface area contributed by atoms with Crippen LogP contribution in [0.1, 0.15) is 22.4 Å². The highest BCUT2D eigenvalue weighted by Crippen LogP contribution is 2.10. The normalized spacial score (nSPS) is 10.5. The molecule has 0 aliphatic rings. The summed E-state index contributed by atoms with van der Waals surface area (Å²) in [5.41, 5.74) is 4.75. The number of carbonyl (C=O) groups excluding carboxylic acids is 1. The van der Waals surface area contributed by atoms with Crippen LogP contribution in [0.5, 0.6) is 0 Å². The maximum atomic E-state index is 11.8. The van der Waals surface area contributed by atoms with Gasteiger partial charge < -0.3 is 15.6 Å². The van der Waals surface area contributed by atoms with Crippen LogP contribution in [0.15, 0.2) is 73.2 Å². The van der Waals surface area contributed by atoms with E-state index in [9.17, 15) is 4.79 Å². The number of amides is 2. The molecule has 0 aliphatic carbocycles. The number of rotatable bonds is 7. The molecule has 0 radical (unpaired) electrons. The van der Waals surface area contributed by atoms with Crippen molar-refractivity contribution < 1.29 is 4.79 Å². The van der Waals surface area contributed by atoms with Crippen molar-refractivity contribution in [1.82, 2.24) is 15.3 Å². The Morgan fingerprint density at radius 2 is 1.82 bits per heavy atom. The van der Waals surface area contributed by atoms with E-state index < -0.39 is 0 Å². The molecule has 2 aromatic carbocycles. The zero-order valence-electron chi connectivity index (χ0n) is 15.4. The highest BCUT2D eigenvalue weighted by Gasteiger charge is 2.00. The van der Waals surface area contributed by atoms with Crippen LogP contribution in [-0.2, 0) is 12.8 Å². The summed E-state index contributed by atoms with van der Waals surface area (Å²) >= 11 is 0. The second-order valence-corrected chi connectivity index (χ2v) is 6.27. The number of anilines is 1. The quantitative estimate of drug-likeness (QED) is 0.552. The van der Waals surface area contributed by atoms with E-state index in [-0.39, 0.29) is 6.03 Å². The minimum Gasteiger partial charge on any atom is -0.348 e. The first kappa shape index (κ1) is 18.9. The Balaban J connectivity index is 1.37. The molecular weight excluding hydrogens is 350 g/mol. The lowest BCUT2D eigenvalue weighted by Crippen LogP contribution is -2.28. The highest BCUT2D eigenvalue weighted by atomic mass is 16.2. The van der Waals surface area contributed by atoms with E-state index in [4.69, 9.17) is 5.26 Å². The van der Waals surface area contributed by atoms with Gasteiger partial charge in [0.2, 0.25) is 0 Å². The van der Waals surface area contributed by atoms with Crippen molar-refractivity contribution >= 4 is 11.7 Å². The lowest BCUT2D eigenvalue weighted by atomic mass is 10.1. The summed E-state index contributed by atoms with van der Waals surface area (Å²) in [5.74, 6) is 0. The minimum absolute atomic E-state index is 0.280. The zero-order chi connectivity index (χ0) is 19.6. The number of H-pyrrole nitrogens is 1. The number of nitrogens with one attached hydrogen (secondary N) is 3. The number of carbonyl (C=O) groups is 1. The van der Waals surface area contributed by atoms with Crippen LogP contribution >= 0.6 is 0 Å². The molecule has 0 aliphatic heterocycles. The molecule has 140 valence electrons. The number of hydrogen-bond donors (Lipinski definition) is 3. The molecular formula is C22H21N5O. The average molecular weight is 371 g/mol. The Kier molecular flexibility index (Phi) is 6.58. The Morgan fingerprint density at radius 3 is 2.50 bits per heavy atom. The Labute approximate surface area is 163 Å². The smallest absolute Gasteiger partial charge is 0.319 e. The van der Waals surface area contributed by atoms with Crippen LogP contribution in [0, 0.1) is 11.3 Å². The molecule has 0 atom stereocenters. The summed E-state index contributed by atoms with van der Waals surface area (Å²) in [4.78, 5) is 19.0. The highest BCUT2D eigenvalue weighted by molar-refractivity contribution is 5.89. The van der Waals surface area contributed by atoms with Gasteiger partial charge in [-0.25, -0.2) is 9.78 Å². The third kappa shape index (κ3) is 5.85. The summed E-state index contributed by atoms with van der Waals surface area (Å²) in [5, 5.41) is 14.3. The maximum Gasteiger partial charge on any atom is 0.319 e. The van der Waals surface area contributed by atoms with Crippen molar-refractivity contribution in [3.63, 3.8) is 0 Å². The van der Waals surface area contributed by atoms with Gasteiger partial charge >= 0.3 is 6.03 Å². The Hall–Kier alpha value is -3.85. The van der Waals surface area contributed by atoms with Crippen molar-refractivity contribution in [2.75, 3.05) is 11.9 Å². The fourth-order valence-corrected chi connectivity index (χ4v) is 2.65. The van der Waals surface area contributed by atoms with E-state index in [0.717, 1.165) is 18.5 Å². The van der Waals surface area contributed by atoms with Crippen molar-refractivity contribution in [2.45, 2.75) is 12.8 Å². The fraction of sp³-hybridized carbons (Fsp3) is 0.136. The number of benzene rings is 2. The van der Waals surface area contributed by atoms with Gasteiger partial charge in [-0.3, -0.25) is 0 Å². The van der Waals surface area contributed by atoms with E-state index in [1.807, 2.05) is 24.4 Å². The largest absolute Gasteiger partial charge is 0.348 e. The van der Waals surface area contributed by atoms with Crippen molar-refractivity contribution in [3.8, 4) is 6.07 Å². The van der Waals surface area contributed by atoms with Gasteiger partial charge in [0, 0.05) is 30.5 Å². The van der Waals surface area contributed by atoms with Gasteiger partial charge in [-0.15, -0.1) is 0 Å². The number of aromatic amines is 1. The molecule has 28 heavy (non-hydrogen) atoms. The monoisotopic (exact) mass is 371 g/mol. The van der Waals surface area contributed by atoms with Crippen molar-refractivity contribution in [3.05, 3.63) is 95.6 Å². The van der Waals surface area contributed by atoms with Gasteiger partial charge in [-0.05, 0) is 41.8 Å². The second-order valence-electron chi connectivity index (χ2n) is 6.27. The number of imidazole rings is 1. The van der Waals surface area contributed by atoms with Crippen molar-refractivity contribution in [1.29, 1.82) is 5.26 Å². The third-order valence-corrected chi connectivity index (χ3v) is 4.14. The average Bonchev–Trinajstić information content (AvgIpc) is 3.22. The Morgan fingerprint density at radius 1 is 1.07 bits per heavy atom. The second kappa shape index (κ2) is 9.74. The number of allylic oxidation sites excluding steroid dienone is 1. The van der Waals surface area contributed by atoms with Gasteiger partial charge in [0.25, 0.3) is 0 Å². The van der Waals surface area contributed by atoms with Gasteiger partial charge in [-0.2, -0.15) is 5.26 Å².